The molecule has 98 valence electrons. The third-order valence-corrected chi connectivity index (χ3v) is 5.65. The third kappa shape index (κ3) is 2.84. The summed E-state index contributed by atoms with van der Waals surface area (Å²) in [4.78, 5) is 0.340. The van der Waals surface area contributed by atoms with E-state index >= 15 is 0 Å². The fourth-order valence-electron chi connectivity index (χ4n) is 2.55. The SMILES string of the molecule is Clc1ccc(C(Br)C2CC2c2ccccc2)cc1Cl. The Hall–Kier alpha value is -0.500. The first-order valence-electron chi connectivity index (χ1n) is 6.31. The second-order valence-corrected chi connectivity index (χ2v) is 6.79. The van der Waals surface area contributed by atoms with Gasteiger partial charge in [-0.15, -0.1) is 0 Å². The summed E-state index contributed by atoms with van der Waals surface area (Å²) in [6.45, 7) is 0. The van der Waals surface area contributed by atoms with Gasteiger partial charge in [0.25, 0.3) is 0 Å². The first-order chi connectivity index (χ1) is 9.16. The van der Waals surface area contributed by atoms with E-state index in [9.17, 15) is 0 Å². The van der Waals surface area contributed by atoms with Gasteiger partial charge in [0.2, 0.25) is 0 Å². The Bertz CT molecular complexity index is 583. The fraction of sp³-hybridized carbons (Fsp3) is 0.250. The maximum Gasteiger partial charge on any atom is 0.0595 e. The van der Waals surface area contributed by atoms with Crippen LogP contribution in [0.1, 0.15) is 28.3 Å². The van der Waals surface area contributed by atoms with Crippen LogP contribution in [0.4, 0.5) is 0 Å². The molecule has 0 spiro atoms. The second-order valence-electron chi connectivity index (χ2n) is 4.99. The molecule has 1 saturated carbocycles. The summed E-state index contributed by atoms with van der Waals surface area (Å²) in [7, 11) is 0. The molecule has 0 N–H and O–H groups in total. The fourth-order valence-corrected chi connectivity index (χ4v) is 3.73. The number of alkyl halides is 1. The zero-order chi connectivity index (χ0) is 13.4. The van der Waals surface area contributed by atoms with Gasteiger partial charge < -0.3 is 0 Å². The zero-order valence-corrected chi connectivity index (χ0v) is 13.3. The molecule has 3 atom stereocenters. The van der Waals surface area contributed by atoms with Gasteiger partial charge in [-0.2, -0.15) is 0 Å². The smallest absolute Gasteiger partial charge is 0.0595 e. The normalized spacial score (nSPS) is 23.1. The summed E-state index contributed by atoms with van der Waals surface area (Å²) in [5.41, 5.74) is 2.63. The predicted molar refractivity (Wildman–Crippen MR) is 85.4 cm³/mol. The van der Waals surface area contributed by atoms with E-state index in [-0.39, 0.29) is 0 Å². The Balaban J connectivity index is 1.76. The highest BCUT2D eigenvalue weighted by molar-refractivity contribution is 9.09. The summed E-state index contributed by atoms with van der Waals surface area (Å²) in [6.07, 6.45) is 1.22. The highest BCUT2D eigenvalue weighted by atomic mass is 79.9. The molecule has 3 unspecified atom stereocenters. The lowest BCUT2D eigenvalue weighted by Gasteiger charge is -2.11. The molecule has 0 aromatic heterocycles. The van der Waals surface area contributed by atoms with Crippen molar-refractivity contribution in [1.82, 2.24) is 0 Å². The van der Waals surface area contributed by atoms with Crippen molar-refractivity contribution in [2.75, 3.05) is 0 Å². The topological polar surface area (TPSA) is 0 Å². The molecule has 0 heterocycles. The van der Waals surface area contributed by atoms with Gasteiger partial charge in [0.1, 0.15) is 0 Å². The highest BCUT2D eigenvalue weighted by Crippen LogP contribution is 2.57. The Morgan fingerprint density at radius 1 is 1.00 bits per heavy atom. The van der Waals surface area contributed by atoms with Crippen LogP contribution >= 0.6 is 39.1 Å². The molecule has 1 fully saturated rings. The molecule has 2 aromatic rings. The maximum absolute atomic E-state index is 6.08. The Morgan fingerprint density at radius 2 is 1.74 bits per heavy atom. The van der Waals surface area contributed by atoms with E-state index in [2.05, 4.69) is 46.3 Å². The van der Waals surface area contributed by atoms with Crippen molar-refractivity contribution < 1.29 is 0 Å². The minimum Gasteiger partial charge on any atom is -0.0835 e. The van der Waals surface area contributed by atoms with E-state index in [0.717, 1.165) is 0 Å². The quantitative estimate of drug-likeness (QED) is 0.572. The van der Waals surface area contributed by atoms with Gasteiger partial charge in [0.05, 0.1) is 10.0 Å². The molecule has 0 bridgehead atoms. The molecule has 0 aliphatic heterocycles. The third-order valence-electron chi connectivity index (χ3n) is 3.71. The van der Waals surface area contributed by atoms with E-state index in [0.29, 0.717) is 26.7 Å². The van der Waals surface area contributed by atoms with Crippen molar-refractivity contribution in [3.8, 4) is 0 Å². The summed E-state index contributed by atoms with van der Waals surface area (Å²) in [6, 6.07) is 16.6. The molecule has 0 nitrogen and oxygen atoms in total. The lowest BCUT2D eigenvalue weighted by molar-refractivity contribution is 0.786. The minimum atomic E-state index is 0.340. The van der Waals surface area contributed by atoms with E-state index < -0.39 is 0 Å². The first-order valence-corrected chi connectivity index (χ1v) is 7.98. The molecule has 19 heavy (non-hydrogen) atoms. The molecular weight excluding hydrogens is 343 g/mol. The summed E-state index contributed by atoms with van der Waals surface area (Å²) in [5, 5.41) is 1.24. The number of rotatable bonds is 3. The number of hydrogen-bond donors (Lipinski definition) is 0. The minimum absolute atomic E-state index is 0.340. The molecule has 1 aliphatic carbocycles. The molecular formula is C16H13BrCl2. The van der Waals surface area contributed by atoms with E-state index in [1.165, 1.54) is 17.5 Å². The van der Waals surface area contributed by atoms with Gasteiger partial charge in [-0.05, 0) is 41.5 Å². The lowest BCUT2D eigenvalue weighted by atomic mass is 10.0. The largest absolute Gasteiger partial charge is 0.0835 e. The monoisotopic (exact) mass is 354 g/mol. The standard InChI is InChI=1S/C16H13BrCl2/c17-16(11-6-7-14(18)15(19)8-11)13-9-12(13)10-4-2-1-3-5-10/h1-8,12-13,16H,9H2. The van der Waals surface area contributed by atoms with Crippen LogP contribution in [0.5, 0.6) is 0 Å². The van der Waals surface area contributed by atoms with Crippen LogP contribution in [0.3, 0.4) is 0 Å². The van der Waals surface area contributed by atoms with Crippen molar-refractivity contribution in [2.24, 2.45) is 5.92 Å². The van der Waals surface area contributed by atoms with Crippen LogP contribution in [-0.2, 0) is 0 Å². The van der Waals surface area contributed by atoms with E-state index in [1.807, 2.05) is 18.2 Å². The first kappa shape index (κ1) is 13.5. The average Bonchev–Trinajstić information content (AvgIpc) is 3.22. The predicted octanol–water partition coefficient (Wildman–Crippen LogP) is 6.23. The van der Waals surface area contributed by atoms with Gasteiger partial charge in [-0.25, -0.2) is 0 Å². The van der Waals surface area contributed by atoms with Crippen LogP contribution in [0, 0.1) is 5.92 Å². The van der Waals surface area contributed by atoms with Gasteiger partial charge >= 0.3 is 0 Å². The Labute approximate surface area is 131 Å². The molecule has 0 saturated heterocycles. The van der Waals surface area contributed by atoms with Crippen LogP contribution in [-0.4, -0.2) is 0 Å². The summed E-state index contributed by atoms with van der Waals surface area (Å²) < 4.78 is 0. The van der Waals surface area contributed by atoms with Crippen molar-refractivity contribution in [3.05, 3.63) is 69.7 Å². The van der Waals surface area contributed by atoms with Gasteiger partial charge in [-0.1, -0.05) is 75.5 Å². The lowest BCUT2D eigenvalue weighted by Crippen LogP contribution is -1.94. The Morgan fingerprint density at radius 3 is 2.42 bits per heavy atom. The van der Waals surface area contributed by atoms with E-state index in [4.69, 9.17) is 23.2 Å². The second kappa shape index (κ2) is 5.47. The molecule has 3 rings (SSSR count). The van der Waals surface area contributed by atoms with Crippen LogP contribution in [0.25, 0.3) is 0 Å². The zero-order valence-electron chi connectivity index (χ0n) is 10.2. The number of benzene rings is 2. The number of hydrogen-bond acceptors (Lipinski definition) is 0. The van der Waals surface area contributed by atoms with Gasteiger partial charge in [0.15, 0.2) is 0 Å². The molecule has 0 amide bonds. The van der Waals surface area contributed by atoms with Crippen LogP contribution in [0.15, 0.2) is 48.5 Å². The Kier molecular flexibility index (Phi) is 3.88. The number of halogens is 3. The highest BCUT2D eigenvalue weighted by Gasteiger charge is 2.43. The van der Waals surface area contributed by atoms with Crippen molar-refractivity contribution in [3.63, 3.8) is 0 Å². The van der Waals surface area contributed by atoms with Gasteiger partial charge in [0, 0.05) is 4.83 Å². The molecule has 1 aliphatic rings. The summed E-state index contributed by atoms with van der Waals surface area (Å²) in [5.74, 6) is 1.29. The molecule has 2 aromatic carbocycles. The van der Waals surface area contributed by atoms with E-state index in [1.54, 1.807) is 0 Å². The van der Waals surface area contributed by atoms with Crippen molar-refractivity contribution >= 4 is 39.1 Å². The van der Waals surface area contributed by atoms with Gasteiger partial charge in [-0.3, -0.25) is 0 Å². The summed E-state index contributed by atoms with van der Waals surface area (Å²) >= 11 is 15.8. The maximum atomic E-state index is 6.08. The molecule has 3 heteroatoms. The van der Waals surface area contributed by atoms with Crippen LogP contribution in [0.2, 0.25) is 10.0 Å². The molecule has 0 radical (unpaired) electrons. The van der Waals surface area contributed by atoms with Crippen molar-refractivity contribution in [2.45, 2.75) is 17.2 Å². The van der Waals surface area contributed by atoms with Crippen molar-refractivity contribution in [1.29, 1.82) is 0 Å². The average molecular weight is 356 g/mol. The van der Waals surface area contributed by atoms with Crippen LogP contribution < -0.4 is 0 Å².